The summed E-state index contributed by atoms with van der Waals surface area (Å²) >= 11 is 0. The molecule has 1 saturated carbocycles. The monoisotopic (exact) mass is 1120 g/mol. The Bertz CT molecular complexity index is 2610. The number of halogens is 1. The van der Waals surface area contributed by atoms with Crippen molar-refractivity contribution in [1.82, 2.24) is 40.1 Å². The van der Waals surface area contributed by atoms with E-state index in [9.17, 15) is 15.0 Å². The molecule has 21 nitrogen and oxygen atoms in total. The number of ether oxygens (including phenoxy) is 8. The molecule has 2 aromatic heterocycles. The average molecular weight is 1120 g/mol. The second kappa shape index (κ2) is 23.6. The minimum atomic E-state index is -1.65. The Balaban J connectivity index is 1.05. The van der Waals surface area contributed by atoms with Gasteiger partial charge in [-0.3, -0.25) is 14.6 Å². The summed E-state index contributed by atoms with van der Waals surface area (Å²) in [6.07, 6.45) is 0.881. The van der Waals surface area contributed by atoms with Crippen molar-refractivity contribution in [1.29, 1.82) is 0 Å². The fourth-order valence-corrected chi connectivity index (χ4v) is 15.5. The van der Waals surface area contributed by atoms with Crippen LogP contribution < -0.4 is 11.1 Å². The van der Waals surface area contributed by atoms with E-state index in [1.165, 1.54) is 4.68 Å². The summed E-state index contributed by atoms with van der Waals surface area (Å²) in [7, 11) is 6.76. The smallest absolute Gasteiger partial charge is 0.410 e. The van der Waals surface area contributed by atoms with Gasteiger partial charge < -0.3 is 59.2 Å². The van der Waals surface area contributed by atoms with E-state index in [4.69, 9.17) is 43.6 Å². The summed E-state index contributed by atoms with van der Waals surface area (Å²) in [5.41, 5.74) is 3.52. The number of carbonyl (C=O) groups excluding carboxylic acids is 2. The van der Waals surface area contributed by atoms with Crippen LogP contribution in [0.15, 0.2) is 42.9 Å². The molecule has 0 spiro atoms. The molecule has 6 aliphatic rings. The number of rotatable bonds is 15. The Morgan fingerprint density at radius 2 is 1.69 bits per heavy atom. The number of nitrogens with zero attached hydrogens (tertiary/aromatic N) is 7. The number of fused-ring (bicyclic) bond motifs is 4. The standard InChI is InChI=1S/C58H88FN9O12/c1-14-44-56(9)50-34(5)47(61-20-22-67(50)54(71)80-56)31(2)25-57(75-13)41(33(4)48(35(6)52(70)78-44)79-46-26-55(8,74-12)51(69)36(7)77-46)24-45-58(57,72)43(23-32(3)76-45)66(10)21-19-40-30-68(65-64-40)42(27-59)49(73-11)38-17-15-37(16-18-38)39-28-62-53(60)63-29-39/h15-18,28-36,41-51,61,69,72H,14,19-27H2,1-13H3,(H2,60,62,63)/t31-,32?,33-,34+,35?,36?,41-,42?,43?,44-,45?,46+,47+,48+,49?,50-,51+,55-,56-,57-,58-/m1/s1. The Labute approximate surface area is 470 Å². The molecule has 6 fully saturated rings. The molecule has 1 amide bonds. The first kappa shape index (κ1) is 60.1. The number of carbonyl (C=O) groups is 2. The van der Waals surface area contributed by atoms with Gasteiger partial charge in [-0.05, 0) is 102 Å². The van der Waals surface area contributed by atoms with Gasteiger partial charge in [-0.1, -0.05) is 57.2 Å². The number of nitrogen functional groups attached to an aromatic ring is 1. The van der Waals surface area contributed by atoms with Gasteiger partial charge in [-0.2, -0.15) is 0 Å². The van der Waals surface area contributed by atoms with Gasteiger partial charge in [-0.25, -0.2) is 23.8 Å². The Morgan fingerprint density at radius 3 is 2.34 bits per heavy atom. The first-order chi connectivity index (χ1) is 38.0. The van der Waals surface area contributed by atoms with Crippen LogP contribution in [0.2, 0.25) is 0 Å². The number of nitrogens with two attached hydrogens (primary N) is 1. The van der Waals surface area contributed by atoms with E-state index >= 15 is 9.18 Å². The van der Waals surface area contributed by atoms with Crippen LogP contribution in [-0.4, -0.2) is 195 Å². The topological polar surface area (TPSA) is 249 Å². The molecule has 22 heteroatoms. The van der Waals surface area contributed by atoms with Gasteiger partial charge in [0.15, 0.2) is 11.9 Å². The van der Waals surface area contributed by atoms with Crippen LogP contribution in [0.3, 0.4) is 0 Å². The molecule has 7 heterocycles. The number of cyclic esters (lactones) is 1. The number of hydrogen-bond acceptors (Lipinski definition) is 19. The zero-order chi connectivity index (χ0) is 57.8. The van der Waals surface area contributed by atoms with Crippen molar-refractivity contribution in [3.8, 4) is 11.1 Å². The maximum Gasteiger partial charge on any atom is 0.410 e. The van der Waals surface area contributed by atoms with Gasteiger partial charge in [0.1, 0.15) is 42.2 Å². The fraction of sp³-hybridized carbons (Fsp3) is 0.759. The predicted octanol–water partition coefficient (Wildman–Crippen LogP) is 5.48. The van der Waals surface area contributed by atoms with Crippen molar-refractivity contribution in [2.45, 2.75) is 196 Å². The normalized spacial score (nSPS) is 40.3. The average Bonchev–Trinajstić information content (AvgIpc) is 4.22. The zero-order valence-electron chi connectivity index (χ0n) is 49.0. The number of alkyl halides is 1. The van der Waals surface area contributed by atoms with E-state index in [-0.39, 0.29) is 36.4 Å². The lowest BCUT2D eigenvalue weighted by molar-refractivity contribution is -0.301. The highest BCUT2D eigenvalue weighted by molar-refractivity contribution is 5.74. The second-order valence-corrected chi connectivity index (χ2v) is 24.4. The third-order valence-electron chi connectivity index (χ3n) is 19.8. The largest absolute Gasteiger partial charge is 0.458 e. The predicted molar refractivity (Wildman–Crippen MR) is 292 cm³/mol. The molecule has 80 heavy (non-hydrogen) atoms. The van der Waals surface area contributed by atoms with Crippen LogP contribution in [0.4, 0.5) is 15.1 Å². The van der Waals surface area contributed by atoms with Gasteiger partial charge in [0, 0.05) is 90.0 Å². The molecule has 3 aromatic rings. The zero-order valence-corrected chi connectivity index (χ0v) is 49.0. The summed E-state index contributed by atoms with van der Waals surface area (Å²) in [4.78, 5) is 41.2. The lowest BCUT2D eigenvalue weighted by Gasteiger charge is -2.57. The molecular formula is C58H88FN9O12. The van der Waals surface area contributed by atoms with Crippen molar-refractivity contribution in [3.63, 3.8) is 0 Å². The number of amides is 1. The highest BCUT2D eigenvalue weighted by Gasteiger charge is 2.73. The first-order valence-electron chi connectivity index (χ1n) is 28.8. The summed E-state index contributed by atoms with van der Waals surface area (Å²) in [5, 5.41) is 38.4. The van der Waals surface area contributed by atoms with E-state index in [1.807, 2.05) is 59.0 Å². The third kappa shape index (κ3) is 10.5. The number of likely N-dealkylation sites (N-methyl/N-ethyl adjacent to an activating group) is 1. The van der Waals surface area contributed by atoms with Crippen molar-refractivity contribution < 1.29 is 62.1 Å². The van der Waals surface area contributed by atoms with Crippen molar-refractivity contribution in [2.75, 3.05) is 60.4 Å². The minimum Gasteiger partial charge on any atom is -0.458 e. The van der Waals surface area contributed by atoms with E-state index < -0.39 is 120 Å². The van der Waals surface area contributed by atoms with Gasteiger partial charge >= 0.3 is 12.1 Å². The van der Waals surface area contributed by atoms with Gasteiger partial charge in [0.25, 0.3) is 0 Å². The fourth-order valence-electron chi connectivity index (χ4n) is 15.5. The Morgan fingerprint density at radius 1 is 0.975 bits per heavy atom. The minimum absolute atomic E-state index is 0.164. The molecule has 21 atom stereocenters. The molecular weight excluding hydrogens is 1030 g/mol. The molecule has 1 aliphatic carbocycles. The molecule has 5 N–H and O–H groups in total. The van der Waals surface area contributed by atoms with Crippen LogP contribution in [0, 0.1) is 29.6 Å². The highest BCUT2D eigenvalue weighted by Crippen LogP contribution is 2.60. The molecule has 444 valence electrons. The van der Waals surface area contributed by atoms with Crippen molar-refractivity contribution >= 4 is 18.0 Å². The lowest BCUT2D eigenvalue weighted by Crippen LogP contribution is -2.73. The number of aliphatic hydroxyl groups excluding tert-OH is 1. The van der Waals surface area contributed by atoms with Gasteiger partial charge in [-0.15, -0.1) is 5.10 Å². The van der Waals surface area contributed by atoms with E-state index in [0.717, 1.165) is 16.7 Å². The third-order valence-corrected chi connectivity index (χ3v) is 19.8. The quantitative estimate of drug-likeness (QED) is 0.138. The number of nitrogens with one attached hydrogen (secondary N) is 1. The van der Waals surface area contributed by atoms with Crippen molar-refractivity contribution in [3.05, 3.63) is 54.1 Å². The van der Waals surface area contributed by atoms with Crippen LogP contribution >= 0.6 is 0 Å². The number of methoxy groups -OCH3 is 3. The number of aromatic nitrogens is 5. The summed E-state index contributed by atoms with van der Waals surface area (Å²) in [6, 6.07) is 5.56. The molecule has 7 unspecified atom stereocenters. The molecule has 9 rings (SSSR count). The van der Waals surface area contributed by atoms with E-state index in [2.05, 4.69) is 51.3 Å². The molecule has 1 aromatic carbocycles. The number of anilines is 1. The molecule has 2 bridgehead atoms. The highest BCUT2D eigenvalue weighted by atomic mass is 19.1. The maximum atomic E-state index is 15.2. The van der Waals surface area contributed by atoms with Crippen LogP contribution in [0.5, 0.6) is 0 Å². The number of benzene rings is 1. The van der Waals surface area contributed by atoms with Crippen LogP contribution in [-0.2, 0) is 49.1 Å². The molecule has 5 aliphatic heterocycles. The number of esters is 1. The van der Waals surface area contributed by atoms with Gasteiger partial charge in [0.05, 0.1) is 47.7 Å². The Hall–Kier alpha value is -4.49. The summed E-state index contributed by atoms with van der Waals surface area (Å²) in [6.45, 7) is 18.2. The molecule has 0 radical (unpaired) electrons. The van der Waals surface area contributed by atoms with E-state index in [1.54, 1.807) is 58.7 Å². The number of aliphatic hydroxyl groups is 2. The number of hydrogen-bond donors (Lipinski definition) is 4. The van der Waals surface area contributed by atoms with E-state index in [0.29, 0.717) is 57.4 Å². The van der Waals surface area contributed by atoms with Crippen molar-refractivity contribution in [2.24, 2.45) is 29.6 Å². The van der Waals surface area contributed by atoms with Gasteiger partial charge in [0.2, 0.25) is 5.95 Å². The summed E-state index contributed by atoms with van der Waals surface area (Å²) in [5.74, 6) is -2.64. The SMILES string of the molecule is CC[C@H]1OC(=O)C(C)[C@@H](O[C@H]2C[C@@](C)(OC)[C@@H](O)C(C)O2)[C@H](C)[C@H]2CC3OC(C)CC(N(C)CCc4cn(C(CF)C(OC)c5ccc(-c6cnc(N)nc6)cc5)nn4)[C@]3(O)[C@@]2(OC)C[C@@H](C)[C@@H]2NCCN3C(=O)O[C@@]1(C)[C@H]3[C@H]2C. The van der Waals surface area contributed by atoms with Crippen LogP contribution in [0.25, 0.3) is 11.1 Å². The summed E-state index contributed by atoms with van der Waals surface area (Å²) < 4.78 is 69.1. The van der Waals surface area contributed by atoms with Crippen LogP contribution in [0.1, 0.15) is 118 Å². The Kier molecular flexibility index (Phi) is 17.8. The first-order valence-corrected chi connectivity index (χ1v) is 28.8. The maximum absolute atomic E-state index is 15.2. The molecule has 5 saturated heterocycles. The second-order valence-electron chi connectivity index (χ2n) is 24.4. The lowest BCUT2D eigenvalue weighted by atomic mass is 9.63.